The molecule has 2 amide bonds. The maximum absolute atomic E-state index is 11.1. The number of nitrogens with two attached hydrogens (primary N) is 1. The number of amides is 2. The summed E-state index contributed by atoms with van der Waals surface area (Å²) in [6.45, 7) is 2.55. The molecule has 3 N–H and O–H groups in total. The smallest absolute Gasteiger partial charge is 0.243 e. The van der Waals surface area contributed by atoms with Crippen molar-refractivity contribution in [3.8, 4) is 0 Å². The van der Waals surface area contributed by atoms with Crippen molar-refractivity contribution in [2.45, 2.75) is 13.0 Å². The summed E-state index contributed by atoms with van der Waals surface area (Å²) in [5.74, 6) is -0.382. The Balaban J connectivity index is 2.57. The van der Waals surface area contributed by atoms with Crippen molar-refractivity contribution < 1.29 is 9.59 Å². The van der Waals surface area contributed by atoms with Crippen LogP contribution in [0, 0.1) is 0 Å². The highest BCUT2D eigenvalue weighted by atomic mass is 16.2. The zero-order chi connectivity index (χ0) is 9.14. The summed E-state index contributed by atoms with van der Waals surface area (Å²) in [4.78, 5) is 23.5. The van der Waals surface area contributed by atoms with E-state index in [1.807, 2.05) is 0 Å². The third-order valence-corrected chi connectivity index (χ3v) is 1.63. The second-order valence-electron chi connectivity index (χ2n) is 2.98. The van der Waals surface area contributed by atoms with Crippen LogP contribution in [0.4, 0.5) is 0 Å². The van der Waals surface area contributed by atoms with E-state index in [-0.39, 0.29) is 30.9 Å². The van der Waals surface area contributed by atoms with E-state index in [4.69, 9.17) is 5.73 Å². The number of hydrogen-bond acceptors (Lipinski definition) is 4. The Hall–Kier alpha value is -0.940. The van der Waals surface area contributed by atoms with Gasteiger partial charge in [-0.15, -0.1) is 0 Å². The second kappa shape index (κ2) is 3.64. The van der Waals surface area contributed by atoms with Gasteiger partial charge >= 0.3 is 0 Å². The fraction of sp³-hybridized carbons (Fsp3) is 0.714. The molecule has 0 aromatic heterocycles. The predicted molar refractivity (Wildman–Crippen MR) is 43.2 cm³/mol. The molecule has 5 nitrogen and oxygen atoms in total. The summed E-state index contributed by atoms with van der Waals surface area (Å²) < 4.78 is 0. The van der Waals surface area contributed by atoms with E-state index in [1.165, 1.54) is 4.90 Å². The summed E-state index contributed by atoms with van der Waals surface area (Å²) in [7, 11) is 0. The lowest BCUT2D eigenvalue weighted by Crippen LogP contribution is -2.54. The van der Waals surface area contributed by atoms with Gasteiger partial charge in [-0.2, -0.15) is 0 Å². The van der Waals surface area contributed by atoms with Gasteiger partial charge in [0.05, 0.1) is 13.1 Å². The molecule has 0 radical (unpaired) electrons. The van der Waals surface area contributed by atoms with Gasteiger partial charge in [-0.1, -0.05) is 0 Å². The lowest BCUT2D eigenvalue weighted by atomic mass is 10.2. The molecule has 1 aliphatic rings. The summed E-state index contributed by atoms with van der Waals surface area (Å²) in [6, 6.07) is -0.156. The third kappa shape index (κ3) is 2.02. The molecule has 0 aliphatic carbocycles. The first-order valence-electron chi connectivity index (χ1n) is 3.90. The molecule has 0 saturated carbocycles. The van der Waals surface area contributed by atoms with Crippen LogP contribution in [0.15, 0.2) is 0 Å². The van der Waals surface area contributed by atoms with Crippen molar-refractivity contribution in [3.05, 3.63) is 0 Å². The fourth-order valence-corrected chi connectivity index (χ4v) is 1.10. The summed E-state index contributed by atoms with van der Waals surface area (Å²) in [5, 5.41) is 2.71. The second-order valence-corrected chi connectivity index (χ2v) is 2.98. The Labute approximate surface area is 70.9 Å². The van der Waals surface area contributed by atoms with Crippen molar-refractivity contribution >= 4 is 11.8 Å². The van der Waals surface area contributed by atoms with Gasteiger partial charge in [0.15, 0.2) is 0 Å². The van der Waals surface area contributed by atoms with Crippen molar-refractivity contribution in [2.75, 3.05) is 19.6 Å². The van der Waals surface area contributed by atoms with Gasteiger partial charge in [-0.25, -0.2) is 0 Å². The summed E-state index contributed by atoms with van der Waals surface area (Å²) in [6.07, 6.45) is 0. The Bertz CT molecular complexity index is 187. The first-order valence-corrected chi connectivity index (χ1v) is 3.90. The standard InChI is InChI=1S/C7H13N3O2/c1-5(8)4-10-6(11)2-9-3-7(10)12/h5,9H,2-4,8H2,1H3. The van der Waals surface area contributed by atoms with Gasteiger partial charge in [-0.05, 0) is 6.92 Å². The average molecular weight is 171 g/mol. The minimum atomic E-state index is -0.191. The van der Waals surface area contributed by atoms with Gasteiger partial charge < -0.3 is 5.73 Å². The zero-order valence-electron chi connectivity index (χ0n) is 7.04. The van der Waals surface area contributed by atoms with Crippen LogP contribution in [0.25, 0.3) is 0 Å². The van der Waals surface area contributed by atoms with E-state index in [1.54, 1.807) is 6.92 Å². The molecule has 68 valence electrons. The van der Waals surface area contributed by atoms with Crippen LogP contribution in [0.1, 0.15) is 6.92 Å². The largest absolute Gasteiger partial charge is 0.326 e. The molecule has 1 rings (SSSR count). The number of nitrogens with zero attached hydrogens (tertiary/aromatic N) is 1. The molecule has 1 unspecified atom stereocenters. The average Bonchev–Trinajstić information content (AvgIpc) is 1.97. The fourth-order valence-electron chi connectivity index (χ4n) is 1.10. The topological polar surface area (TPSA) is 75.4 Å². The van der Waals surface area contributed by atoms with Gasteiger partial charge in [0, 0.05) is 12.6 Å². The number of rotatable bonds is 2. The number of imide groups is 1. The Morgan fingerprint density at radius 3 is 2.42 bits per heavy atom. The first-order chi connectivity index (χ1) is 5.61. The molecule has 0 bridgehead atoms. The molecule has 1 saturated heterocycles. The maximum Gasteiger partial charge on any atom is 0.243 e. The molecule has 1 aliphatic heterocycles. The number of carbonyl (C=O) groups excluding carboxylic acids is 2. The molecule has 12 heavy (non-hydrogen) atoms. The van der Waals surface area contributed by atoms with Crippen LogP contribution in [0.2, 0.25) is 0 Å². The maximum atomic E-state index is 11.1. The molecular formula is C7H13N3O2. The highest BCUT2D eigenvalue weighted by Gasteiger charge is 2.25. The van der Waals surface area contributed by atoms with Crippen LogP contribution in [-0.4, -0.2) is 42.4 Å². The molecule has 0 spiro atoms. The van der Waals surface area contributed by atoms with E-state index in [0.717, 1.165) is 0 Å². The monoisotopic (exact) mass is 171 g/mol. The number of nitrogens with one attached hydrogen (secondary N) is 1. The first kappa shape index (κ1) is 9.15. The van der Waals surface area contributed by atoms with Crippen LogP contribution < -0.4 is 11.1 Å². The minimum absolute atomic E-state index is 0.156. The summed E-state index contributed by atoms with van der Waals surface area (Å²) in [5.41, 5.74) is 5.48. The third-order valence-electron chi connectivity index (χ3n) is 1.63. The SMILES string of the molecule is CC(N)CN1C(=O)CNCC1=O. The highest BCUT2D eigenvalue weighted by Crippen LogP contribution is 1.96. The van der Waals surface area contributed by atoms with Crippen LogP contribution >= 0.6 is 0 Å². The van der Waals surface area contributed by atoms with E-state index < -0.39 is 0 Å². The Kier molecular flexibility index (Phi) is 2.78. The lowest BCUT2D eigenvalue weighted by Gasteiger charge is -2.26. The normalized spacial score (nSPS) is 21.3. The number of piperazine rings is 1. The molecule has 1 atom stereocenters. The van der Waals surface area contributed by atoms with E-state index in [0.29, 0.717) is 6.54 Å². The van der Waals surface area contributed by atoms with Crippen molar-refractivity contribution in [2.24, 2.45) is 5.73 Å². The quantitative estimate of drug-likeness (QED) is 0.485. The molecule has 0 aromatic rings. The van der Waals surface area contributed by atoms with Gasteiger partial charge in [0.2, 0.25) is 11.8 Å². The minimum Gasteiger partial charge on any atom is -0.326 e. The highest BCUT2D eigenvalue weighted by molar-refractivity contribution is 5.99. The number of carbonyl (C=O) groups is 2. The molecule has 1 heterocycles. The van der Waals surface area contributed by atoms with Crippen LogP contribution in [-0.2, 0) is 9.59 Å². The molecule has 0 aromatic carbocycles. The zero-order valence-corrected chi connectivity index (χ0v) is 7.04. The van der Waals surface area contributed by atoms with Gasteiger partial charge in [-0.3, -0.25) is 19.8 Å². The van der Waals surface area contributed by atoms with E-state index >= 15 is 0 Å². The van der Waals surface area contributed by atoms with Crippen molar-refractivity contribution in [1.82, 2.24) is 10.2 Å². The van der Waals surface area contributed by atoms with E-state index in [2.05, 4.69) is 5.32 Å². The van der Waals surface area contributed by atoms with Gasteiger partial charge in [0.25, 0.3) is 0 Å². The van der Waals surface area contributed by atoms with Crippen molar-refractivity contribution in [3.63, 3.8) is 0 Å². The number of hydrogen-bond donors (Lipinski definition) is 2. The van der Waals surface area contributed by atoms with Crippen LogP contribution in [0.5, 0.6) is 0 Å². The predicted octanol–water partition coefficient (Wildman–Crippen LogP) is -1.71. The molecule has 1 fully saturated rings. The van der Waals surface area contributed by atoms with E-state index in [9.17, 15) is 9.59 Å². The lowest BCUT2D eigenvalue weighted by molar-refractivity contribution is -0.146. The molecule has 5 heteroatoms. The van der Waals surface area contributed by atoms with Gasteiger partial charge in [0.1, 0.15) is 0 Å². The van der Waals surface area contributed by atoms with Crippen molar-refractivity contribution in [1.29, 1.82) is 0 Å². The summed E-state index contributed by atoms with van der Waals surface area (Å²) >= 11 is 0. The Morgan fingerprint density at radius 2 is 2.00 bits per heavy atom. The van der Waals surface area contributed by atoms with Crippen LogP contribution in [0.3, 0.4) is 0 Å². The Morgan fingerprint density at radius 1 is 1.50 bits per heavy atom. The molecular weight excluding hydrogens is 158 g/mol.